The number of aromatic nitrogens is 2. The van der Waals surface area contributed by atoms with Crippen LogP contribution in [0.3, 0.4) is 0 Å². The summed E-state index contributed by atoms with van der Waals surface area (Å²) in [6.07, 6.45) is 1.79. The number of nitrogens with zero attached hydrogens (tertiary/aromatic N) is 1. The summed E-state index contributed by atoms with van der Waals surface area (Å²) in [6.45, 7) is 6.02. The van der Waals surface area contributed by atoms with Crippen molar-refractivity contribution in [3.05, 3.63) is 42.9 Å². The lowest BCUT2D eigenvalue weighted by atomic mass is 10.0. The summed E-state index contributed by atoms with van der Waals surface area (Å²) in [7, 11) is 0. The van der Waals surface area contributed by atoms with Crippen LogP contribution in [0.15, 0.2) is 20.0 Å². The molecule has 0 aliphatic heterocycles. The molecule has 25 heavy (non-hydrogen) atoms. The molecule has 0 saturated carbocycles. The molecule has 0 fully saturated rings. The zero-order valence-electron chi connectivity index (χ0n) is 14.1. The fourth-order valence-electron chi connectivity index (χ4n) is 2.22. The van der Waals surface area contributed by atoms with E-state index in [0.29, 0.717) is 22.9 Å². The predicted octanol–water partition coefficient (Wildman–Crippen LogP) is 1.96. The average Bonchev–Trinajstić information content (AvgIpc) is 2.88. The lowest BCUT2D eigenvalue weighted by Gasteiger charge is -2.07. The molecule has 0 amide bonds. The van der Waals surface area contributed by atoms with Crippen molar-refractivity contribution in [2.24, 2.45) is 10.9 Å². The van der Waals surface area contributed by atoms with Gasteiger partial charge < -0.3 is 9.84 Å². The molecule has 0 bridgehead atoms. The van der Waals surface area contributed by atoms with Gasteiger partial charge in [-0.25, -0.2) is 14.6 Å². The van der Waals surface area contributed by atoms with E-state index >= 15 is 0 Å². The number of aromatic amines is 2. The Morgan fingerprint density at radius 1 is 1.40 bits per heavy atom. The van der Waals surface area contributed by atoms with Gasteiger partial charge in [0.15, 0.2) is 0 Å². The maximum Gasteiger partial charge on any atom is 0.341 e. The number of aromatic hydroxyl groups is 1. The van der Waals surface area contributed by atoms with Gasteiger partial charge in [0.25, 0.3) is 5.56 Å². The van der Waals surface area contributed by atoms with Crippen LogP contribution in [0.5, 0.6) is 5.88 Å². The summed E-state index contributed by atoms with van der Waals surface area (Å²) in [6, 6.07) is 0. The molecule has 0 saturated heterocycles. The Labute approximate surface area is 147 Å². The number of hydrogen-bond acceptors (Lipinski definition) is 7. The number of hydrogen-bond donors (Lipinski definition) is 3. The molecule has 9 heteroatoms. The van der Waals surface area contributed by atoms with Crippen molar-refractivity contribution in [3.63, 3.8) is 0 Å². The van der Waals surface area contributed by atoms with Gasteiger partial charge in [-0.2, -0.15) is 0 Å². The SMILES string of the molecule is CCOC(=O)c1c(CC(C)C)csc1N=Cc1c(O)[nH]c(=O)[nH]c1=O. The Kier molecular flexibility index (Phi) is 5.92. The fraction of sp³-hybridized carbons (Fsp3) is 0.375. The number of esters is 1. The number of carbonyl (C=O) groups excluding carboxylic acids is 1. The van der Waals surface area contributed by atoms with Gasteiger partial charge in [0.2, 0.25) is 5.88 Å². The average molecular weight is 365 g/mol. The van der Waals surface area contributed by atoms with E-state index in [-0.39, 0.29) is 12.2 Å². The van der Waals surface area contributed by atoms with Crippen LogP contribution < -0.4 is 11.2 Å². The first-order valence-corrected chi connectivity index (χ1v) is 8.58. The molecule has 8 nitrogen and oxygen atoms in total. The van der Waals surface area contributed by atoms with Gasteiger partial charge in [0.05, 0.1) is 12.2 Å². The van der Waals surface area contributed by atoms with Crippen LogP contribution in [0.1, 0.15) is 42.3 Å². The first-order chi connectivity index (χ1) is 11.8. The minimum absolute atomic E-state index is 0.201. The van der Waals surface area contributed by atoms with E-state index in [0.717, 1.165) is 11.8 Å². The largest absolute Gasteiger partial charge is 0.494 e. The van der Waals surface area contributed by atoms with Crippen LogP contribution in [0.2, 0.25) is 0 Å². The highest BCUT2D eigenvalue weighted by molar-refractivity contribution is 7.14. The standard InChI is InChI=1S/C16H19N3O5S/c1-4-24-15(22)11-9(5-8(2)3)7-25-14(11)17-6-10-12(20)18-16(23)19-13(10)21/h6-8H,4-5H2,1-3H3,(H3,18,19,20,21,23). The van der Waals surface area contributed by atoms with Crippen LogP contribution in [0.25, 0.3) is 0 Å². The van der Waals surface area contributed by atoms with Gasteiger partial charge in [-0.1, -0.05) is 13.8 Å². The van der Waals surface area contributed by atoms with E-state index in [2.05, 4.69) is 9.98 Å². The zero-order valence-corrected chi connectivity index (χ0v) is 14.9. The maximum absolute atomic E-state index is 12.3. The first-order valence-electron chi connectivity index (χ1n) is 7.70. The summed E-state index contributed by atoms with van der Waals surface area (Å²) < 4.78 is 5.09. The van der Waals surface area contributed by atoms with Crippen LogP contribution in [-0.4, -0.2) is 33.9 Å². The Hall–Kier alpha value is -2.68. The van der Waals surface area contributed by atoms with E-state index in [9.17, 15) is 19.5 Å². The quantitative estimate of drug-likeness (QED) is 0.533. The summed E-state index contributed by atoms with van der Waals surface area (Å²) in [4.78, 5) is 43.3. The van der Waals surface area contributed by atoms with Crippen molar-refractivity contribution < 1.29 is 14.6 Å². The Morgan fingerprint density at radius 3 is 2.72 bits per heavy atom. The lowest BCUT2D eigenvalue weighted by molar-refractivity contribution is 0.0526. The second-order valence-electron chi connectivity index (χ2n) is 5.69. The molecule has 0 aliphatic carbocycles. The first kappa shape index (κ1) is 18.7. The van der Waals surface area contributed by atoms with Crippen molar-refractivity contribution >= 4 is 28.5 Å². The van der Waals surface area contributed by atoms with Crippen LogP contribution in [0.4, 0.5) is 5.00 Å². The van der Waals surface area contributed by atoms with Crippen LogP contribution in [-0.2, 0) is 11.2 Å². The summed E-state index contributed by atoms with van der Waals surface area (Å²) >= 11 is 1.24. The van der Waals surface area contributed by atoms with Crippen molar-refractivity contribution in [1.82, 2.24) is 9.97 Å². The smallest absolute Gasteiger partial charge is 0.341 e. The topological polar surface area (TPSA) is 125 Å². The molecule has 0 unspecified atom stereocenters. The predicted molar refractivity (Wildman–Crippen MR) is 95.4 cm³/mol. The van der Waals surface area contributed by atoms with Gasteiger partial charge >= 0.3 is 11.7 Å². The monoisotopic (exact) mass is 365 g/mol. The van der Waals surface area contributed by atoms with Crippen LogP contribution >= 0.6 is 11.3 Å². The molecule has 2 rings (SSSR count). The number of rotatable bonds is 6. The fourth-order valence-corrected chi connectivity index (χ4v) is 3.13. The molecule has 2 aromatic heterocycles. The van der Waals surface area contributed by atoms with Crippen LogP contribution in [0, 0.1) is 5.92 Å². The van der Waals surface area contributed by atoms with Gasteiger partial charge in [-0.15, -0.1) is 11.3 Å². The third-order valence-corrected chi connectivity index (χ3v) is 4.16. The van der Waals surface area contributed by atoms with E-state index in [1.165, 1.54) is 11.3 Å². The van der Waals surface area contributed by atoms with Crippen molar-refractivity contribution in [2.75, 3.05) is 6.61 Å². The number of aliphatic imine (C=N–C) groups is 1. The molecule has 0 aromatic carbocycles. The third-order valence-electron chi connectivity index (χ3n) is 3.23. The molecule has 0 spiro atoms. The van der Waals surface area contributed by atoms with E-state index in [4.69, 9.17) is 4.74 Å². The Balaban J connectivity index is 2.46. The molecular weight excluding hydrogens is 346 g/mol. The highest BCUT2D eigenvalue weighted by Gasteiger charge is 2.20. The second-order valence-corrected chi connectivity index (χ2v) is 6.55. The Bertz CT molecular complexity index is 907. The minimum Gasteiger partial charge on any atom is -0.494 e. The number of carbonyl (C=O) groups is 1. The normalized spacial score (nSPS) is 11.4. The van der Waals surface area contributed by atoms with Crippen molar-refractivity contribution in [2.45, 2.75) is 27.2 Å². The molecule has 3 N–H and O–H groups in total. The third kappa shape index (κ3) is 4.44. The van der Waals surface area contributed by atoms with Gasteiger partial charge in [-0.05, 0) is 30.2 Å². The van der Waals surface area contributed by atoms with E-state index in [1.807, 2.05) is 24.2 Å². The summed E-state index contributed by atoms with van der Waals surface area (Å²) in [5.41, 5.74) is -0.612. The molecule has 134 valence electrons. The minimum atomic E-state index is -0.817. The van der Waals surface area contributed by atoms with Gasteiger partial charge in [-0.3, -0.25) is 14.8 Å². The maximum atomic E-state index is 12.3. The molecule has 0 atom stereocenters. The summed E-state index contributed by atoms with van der Waals surface area (Å²) in [5, 5.41) is 11.9. The van der Waals surface area contributed by atoms with Crippen molar-refractivity contribution in [1.29, 1.82) is 0 Å². The molecule has 0 radical (unpaired) electrons. The number of H-pyrrole nitrogens is 2. The van der Waals surface area contributed by atoms with Gasteiger partial charge in [0.1, 0.15) is 10.6 Å². The zero-order chi connectivity index (χ0) is 18.6. The number of thiophene rings is 1. The summed E-state index contributed by atoms with van der Waals surface area (Å²) in [5.74, 6) is -0.731. The highest BCUT2D eigenvalue weighted by atomic mass is 32.1. The molecule has 0 aliphatic rings. The lowest BCUT2D eigenvalue weighted by Crippen LogP contribution is -2.24. The van der Waals surface area contributed by atoms with Gasteiger partial charge in [0, 0.05) is 6.21 Å². The second kappa shape index (κ2) is 7.93. The molecule has 2 heterocycles. The molecule has 2 aromatic rings. The Morgan fingerprint density at radius 2 is 2.12 bits per heavy atom. The van der Waals surface area contributed by atoms with E-state index in [1.54, 1.807) is 6.92 Å². The van der Waals surface area contributed by atoms with E-state index < -0.39 is 23.1 Å². The van der Waals surface area contributed by atoms with Crippen molar-refractivity contribution in [3.8, 4) is 5.88 Å². The number of nitrogens with one attached hydrogen (secondary N) is 2. The highest BCUT2D eigenvalue weighted by Crippen LogP contribution is 2.33. The molecular formula is C16H19N3O5S. The number of ether oxygens (including phenoxy) is 1.